The average molecular weight is 337 g/mol. The van der Waals surface area contributed by atoms with E-state index >= 15 is 0 Å². The van der Waals surface area contributed by atoms with Crippen LogP contribution in [0.2, 0.25) is 5.02 Å². The molecule has 0 aliphatic heterocycles. The largest absolute Gasteiger partial charge is 0.324 e. The number of halogens is 1. The molecule has 4 rings (SSSR count). The van der Waals surface area contributed by atoms with E-state index in [1.54, 1.807) is 18.6 Å². The minimum Gasteiger partial charge on any atom is -0.324 e. The zero-order valence-electron chi connectivity index (χ0n) is 12.8. The lowest BCUT2D eigenvalue weighted by Gasteiger charge is -2.05. The number of imidazole rings is 1. The monoisotopic (exact) mass is 336 g/mol. The quantitative estimate of drug-likeness (QED) is 0.616. The molecule has 7 heteroatoms. The molecule has 0 unspecified atom stereocenters. The third-order valence-corrected chi connectivity index (χ3v) is 3.90. The Labute approximate surface area is 143 Å². The second kappa shape index (κ2) is 5.90. The highest BCUT2D eigenvalue weighted by Crippen LogP contribution is 2.23. The molecule has 0 aliphatic rings. The van der Waals surface area contributed by atoms with Crippen LogP contribution >= 0.6 is 11.6 Å². The van der Waals surface area contributed by atoms with Gasteiger partial charge in [0.2, 0.25) is 5.95 Å². The van der Waals surface area contributed by atoms with Crippen molar-refractivity contribution in [3.63, 3.8) is 0 Å². The molecule has 0 saturated carbocycles. The number of aryl methyl sites for hydroxylation is 1. The number of pyridine rings is 1. The molecular formula is C17H13ClN6. The minimum atomic E-state index is 0.508. The number of fused-ring (bicyclic) bond motifs is 1. The number of nitrogens with zero attached hydrogens (tertiary/aromatic N) is 5. The van der Waals surface area contributed by atoms with E-state index in [1.165, 1.54) is 0 Å². The third kappa shape index (κ3) is 2.68. The summed E-state index contributed by atoms with van der Waals surface area (Å²) in [6.45, 7) is 0. The van der Waals surface area contributed by atoms with Crippen molar-refractivity contribution < 1.29 is 0 Å². The summed E-state index contributed by atoms with van der Waals surface area (Å²) in [5.74, 6) is 1.33. The van der Waals surface area contributed by atoms with Crippen LogP contribution in [-0.2, 0) is 7.05 Å². The van der Waals surface area contributed by atoms with Gasteiger partial charge in [-0.2, -0.15) is 4.98 Å². The average Bonchev–Trinajstić information content (AvgIpc) is 2.94. The first-order chi connectivity index (χ1) is 11.7. The van der Waals surface area contributed by atoms with Gasteiger partial charge in [-0.25, -0.2) is 9.97 Å². The molecule has 0 aliphatic carbocycles. The van der Waals surface area contributed by atoms with Crippen LogP contribution in [0.25, 0.3) is 22.6 Å². The summed E-state index contributed by atoms with van der Waals surface area (Å²) < 4.78 is 1.94. The molecule has 6 nitrogen and oxygen atoms in total. The van der Waals surface area contributed by atoms with Crippen LogP contribution < -0.4 is 5.32 Å². The van der Waals surface area contributed by atoms with E-state index in [2.05, 4.69) is 25.3 Å². The zero-order valence-corrected chi connectivity index (χ0v) is 13.6. The molecule has 0 spiro atoms. The number of benzene rings is 1. The summed E-state index contributed by atoms with van der Waals surface area (Å²) in [4.78, 5) is 17.5. The molecule has 4 aromatic rings. The lowest BCUT2D eigenvalue weighted by molar-refractivity contribution is 0.939. The normalized spacial score (nSPS) is 10.9. The number of rotatable bonds is 3. The van der Waals surface area contributed by atoms with Gasteiger partial charge in [0.15, 0.2) is 5.65 Å². The molecule has 0 amide bonds. The summed E-state index contributed by atoms with van der Waals surface area (Å²) in [5.41, 5.74) is 3.35. The molecule has 3 heterocycles. The fourth-order valence-electron chi connectivity index (χ4n) is 2.46. The molecule has 0 atom stereocenters. The smallest absolute Gasteiger partial charge is 0.229 e. The van der Waals surface area contributed by atoms with Crippen LogP contribution in [0, 0.1) is 0 Å². The van der Waals surface area contributed by atoms with Gasteiger partial charge >= 0.3 is 0 Å². The third-order valence-electron chi connectivity index (χ3n) is 3.65. The Morgan fingerprint density at radius 2 is 1.75 bits per heavy atom. The predicted octanol–water partition coefficient (Wildman–Crippen LogP) is 3.82. The predicted molar refractivity (Wildman–Crippen MR) is 94.3 cm³/mol. The molecule has 24 heavy (non-hydrogen) atoms. The first-order valence-electron chi connectivity index (χ1n) is 7.33. The van der Waals surface area contributed by atoms with Crippen molar-refractivity contribution in [1.29, 1.82) is 0 Å². The van der Waals surface area contributed by atoms with Gasteiger partial charge in [0.25, 0.3) is 0 Å². The second-order valence-electron chi connectivity index (χ2n) is 5.26. The summed E-state index contributed by atoms with van der Waals surface area (Å²) in [7, 11) is 1.93. The maximum atomic E-state index is 5.90. The standard InChI is InChI=1S/C17H13ClN6/c1-24-15(11-6-8-19-9-7-11)22-14-10-20-17(23-16(14)24)21-13-4-2-12(18)3-5-13/h2-10H,1H3,(H,20,21,23). The van der Waals surface area contributed by atoms with E-state index in [1.807, 2.05) is 48.0 Å². The second-order valence-corrected chi connectivity index (χ2v) is 5.70. The van der Waals surface area contributed by atoms with Crippen molar-refractivity contribution in [3.05, 3.63) is 60.0 Å². The summed E-state index contributed by atoms with van der Waals surface area (Å²) >= 11 is 5.90. The number of anilines is 2. The van der Waals surface area contributed by atoms with E-state index in [4.69, 9.17) is 11.6 Å². The summed E-state index contributed by atoms with van der Waals surface area (Å²) in [6, 6.07) is 11.2. The van der Waals surface area contributed by atoms with Crippen molar-refractivity contribution in [3.8, 4) is 11.4 Å². The van der Waals surface area contributed by atoms with Gasteiger partial charge in [-0.05, 0) is 36.4 Å². The van der Waals surface area contributed by atoms with Gasteiger partial charge in [-0.3, -0.25) is 4.98 Å². The number of hydrogen-bond acceptors (Lipinski definition) is 5. The highest BCUT2D eigenvalue weighted by Gasteiger charge is 2.12. The number of hydrogen-bond donors (Lipinski definition) is 1. The molecule has 1 aromatic carbocycles. The van der Waals surface area contributed by atoms with Crippen LogP contribution in [0.15, 0.2) is 55.0 Å². The lowest BCUT2D eigenvalue weighted by Crippen LogP contribution is -1.99. The van der Waals surface area contributed by atoms with Crippen molar-refractivity contribution >= 4 is 34.4 Å². The van der Waals surface area contributed by atoms with Crippen LogP contribution in [0.5, 0.6) is 0 Å². The van der Waals surface area contributed by atoms with E-state index in [0.717, 1.165) is 28.2 Å². The Bertz CT molecular complexity index is 995. The molecule has 118 valence electrons. The van der Waals surface area contributed by atoms with Gasteiger partial charge < -0.3 is 9.88 Å². The summed E-state index contributed by atoms with van der Waals surface area (Å²) in [6.07, 6.45) is 5.20. The highest BCUT2D eigenvalue weighted by atomic mass is 35.5. The SMILES string of the molecule is Cn1c(-c2ccncc2)nc2cnc(Nc3ccc(Cl)cc3)nc21. The first-order valence-corrected chi connectivity index (χ1v) is 7.71. The molecule has 3 aromatic heterocycles. The first kappa shape index (κ1) is 14.6. The van der Waals surface area contributed by atoms with E-state index in [0.29, 0.717) is 11.0 Å². The molecule has 0 radical (unpaired) electrons. The van der Waals surface area contributed by atoms with Crippen LogP contribution in [0.4, 0.5) is 11.6 Å². The van der Waals surface area contributed by atoms with Gasteiger partial charge in [-0.15, -0.1) is 0 Å². The molecular weight excluding hydrogens is 324 g/mol. The van der Waals surface area contributed by atoms with Gasteiger partial charge in [0.05, 0.1) is 6.20 Å². The lowest BCUT2D eigenvalue weighted by atomic mass is 10.2. The van der Waals surface area contributed by atoms with Gasteiger partial charge in [-0.1, -0.05) is 11.6 Å². The number of nitrogens with one attached hydrogen (secondary N) is 1. The van der Waals surface area contributed by atoms with Gasteiger partial charge in [0, 0.05) is 35.7 Å². The topological polar surface area (TPSA) is 68.5 Å². The van der Waals surface area contributed by atoms with Crippen LogP contribution in [0.1, 0.15) is 0 Å². The molecule has 0 fully saturated rings. The molecule has 0 bridgehead atoms. The van der Waals surface area contributed by atoms with E-state index in [-0.39, 0.29) is 0 Å². The van der Waals surface area contributed by atoms with Crippen molar-refractivity contribution in [2.75, 3.05) is 5.32 Å². The fourth-order valence-corrected chi connectivity index (χ4v) is 2.59. The highest BCUT2D eigenvalue weighted by molar-refractivity contribution is 6.30. The molecule has 0 saturated heterocycles. The fraction of sp³-hybridized carbons (Fsp3) is 0.0588. The van der Waals surface area contributed by atoms with Crippen molar-refractivity contribution in [1.82, 2.24) is 24.5 Å². The van der Waals surface area contributed by atoms with Crippen molar-refractivity contribution in [2.45, 2.75) is 0 Å². The van der Waals surface area contributed by atoms with Crippen LogP contribution in [-0.4, -0.2) is 24.5 Å². The Balaban J connectivity index is 1.73. The van der Waals surface area contributed by atoms with Crippen LogP contribution in [0.3, 0.4) is 0 Å². The maximum Gasteiger partial charge on any atom is 0.229 e. The maximum absolute atomic E-state index is 5.90. The van der Waals surface area contributed by atoms with Crippen molar-refractivity contribution in [2.24, 2.45) is 7.05 Å². The van der Waals surface area contributed by atoms with E-state index in [9.17, 15) is 0 Å². The Kier molecular flexibility index (Phi) is 3.59. The summed E-state index contributed by atoms with van der Waals surface area (Å²) in [5, 5.41) is 3.85. The van der Waals surface area contributed by atoms with E-state index < -0.39 is 0 Å². The van der Waals surface area contributed by atoms with Gasteiger partial charge in [0.1, 0.15) is 11.3 Å². The minimum absolute atomic E-state index is 0.508. The zero-order chi connectivity index (χ0) is 16.5. The Hall–Kier alpha value is -2.99. The Morgan fingerprint density at radius 1 is 1.00 bits per heavy atom. The Morgan fingerprint density at radius 3 is 2.50 bits per heavy atom. The number of aromatic nitrogens is 5. The molecule has 1 N–H and O–H groups in total.